The summed E-state index contributed by atoms with van der Waals surface area (Å²) < 4.78 is 22.6. The van der Waals surface area contributed by atoms with Crippen LogP contribution in [0.4, 0.5) is 0 Å². The molecule has 1 heterocycles. The quantitative estimate of drug-likeness (QED) is 0.702. The topological polar surface area (TPSA) is 92.5 Å². The molecule has 6 nitrogen and oxygen atoms in total. The molecule has 0 bridgehead atoms. The van der Waals surface area contributed by atoms with Gasteiger partial charge in [-0.15, -0.1) is 0 Å². The van der Waals surface area contributed by atoms with Gasteiger partial charge in [0.1, 0.15) is 0 Å². The van der Waals surface area contributed by atoms with Crippen molar-refractivity contribution >= 4 is 15.7 Å². The molecule has 2 rings (SSSR count). The van der Waals surface area contributed by atoms with Crippen LogP contribution in [0.5, 0.6) is 0 Å². The molecule has 7 heteroatoms. The van der Waals surface area contributed by atoms with Crippen molar-refractivity contribution in [2.45, 2.75) is 37.8 Å². The lowest BCUT2D eigenvalue weighted by molar-refractivity contribution is -0.130. The molecule has 0 aromatic rings. The maximum Gasteiger partial charge on any atom is 0.236 e. The molecule has 0 aromatic carbocycles. The van der Waals surface area contributed by atoms with Gasteiger partial charge < -0.3 is 16.0 Å². The Morgan fingerprint density at radius 1 is 1.16 bits per heavy atom. The van der Waals surface area contributed by atoms with Crippen molar-refractivity contribution in [3.63, 3.8) is 0 Å². The SMILES string of the molecule is N[C@H]1CC[C@H](NCC(=O)N2CCS(=O)(=O)CC2)CC1. The van der Waals surface area contributed by atoms with E-state index < -0.39 is 9.84 Å². The Kier molecular flexibility index (Phi) is 4.81. The number of rotatable bonds is 3. The van der Waals surface area contributed by atoms with Crippen molar-refractivity contribution in [1.29, 1.82) is 0 Å². The number of carbonyl (C=O) groups excluding carboxylic acids is 1. The predicted molar refractivity (Wildman–Crippen MR) is 73.5 cm³/mol. The van der Waals surface area contributed by atoms with Crippen LogP contribution in [0, 0.1) is 0 Å². The van der Waals surface area contributed by atoms with E-state index in [0.717, 1.165) is 25.7 Å². The van der Waals surface area contributed by atoms with Gasteiger partial charge in [0.05, 0.1) is 18.1 Å². The zero-order chi connectivity index (χ0) is 13.9. The first-order valence-electron chi connectivity index (χ1n) is 6.93. The second kappa shape index (κ2) is 6.19. The fourth-order valence-electron chi connectivity index (χ4n) is 2.63. The first-order chi connectivity index (χ1) is 8.96. The standard InChI is InChI=1S/C12H23N3O3S/c13-10-1-3-11(4-2-10)14-9-12(16)15-5-7-19(17,18)8-6-15/h10-11,14H,1-9,13H2/t10-,11-. The second-order valence-electron chi connectivity index (χ2n) is 5.53. The van der Waals surface area contributed by atoms with Crippen molar-refractivity contribution in [3.05, 3.63) is 0 Å². The van der Waals surface area contributed by atoms with Crippen molar-refractivity contribution in [3.8, 4) is 0 Å². The predicted octanol–water partition coefficient (Wildman–Crippen LogP) is -0.897. The van der Waals surface area contributed by atoms with Crippen molar-refractivity contribution in [1.82, 2.24) is 10.2 Å². The highest BCUT2D eigenvalue weighted by Crippen LogP contribution is 2.16. The first-order valence-corrected chi connectivity index (χ1v) is 8.75. The number of carbonyl (C=O) groups is 1. The average Bonchev–Trinajstić information content (AvgIpc) is 2.37. The van der Waals surface area contributed by atoms with E-state index in [0.29, 0.717) is 31.7 Å². The molecular formula is C12H23N3O3S. The summed E-state index contributed by atoms with van der Waals surface area (Å²) in [7, 11) is -2.92. The van der Waals surface area contributed by atoms with Gasteiger partial charge in [0.15, 0.2) is 9.84 Å². The molecule has 3 N–H and O–H groups in total. The van der Waals surface area contributed by atoms with Crippen LogP contribution in [-0.4, -0.2) is 62.4 Å². The number of nitrogens with two attached hydrogens (primary N) is 1. The number of hydrogen-bond donors (Lipinski definition) is 2. The van der Waals surface area contributed by atoms with E-state index in [1.54, 1.807) is 4.90 Å². The Labute approximate surface area is 114 Å². The summed E-state index contributed by atoms with van der Waals surface area (Å²) in [6.45, 7) is 0.969. The average molecular weight is 289 g/mol. The molecule has 0 unspecified atom stereocenters. The zero-order valence-corrected chi connectivity index (χ0v) is 12.0. The maximum absolute atomic E-state index is 12.0. The second-order valence-corrected chi connectivity index (χ2v) is 7.83. The summed E-state index contributed by atoms with van der Waals surface area (Å²) in [6, 6.07) is 0.679. The lowest BCUT2D eigenvalue weighted by atomic mass is 9.92. The van der Waals surface area contributed by atoms with Gasteiger partial charge in [0, 0.05) is 25.2 Å². The minimum atomic E-state index is -2.92. The largest absolute Gasteiger partial charge is 0.340 e. The van der Waals surface area contributed by atoms with Crippen LogP contribution < -0.4 is 11.1 Å². The molecule has 0 radical (unpaired) electrons. The van der Waals surface area contributed by atoms with Crippen LogP contribution in [0.25, 0.3) is 0 Å². The van der Waals surface area contributed by atoms with Crippen molar-refractivity contribution < 1.29 is 13.2 Å². The van der Waals surface area contributed by atoms with Crippen LogP contribution in [0.1, 0.15) is 25.7 Å². The van der Waals surface area contributed by atoms with E-state index >= 15 is 0 Å². The smallest absolute Gasteiger partial charge is 0.236 e. The highest BCUT2D eigenvalue weighted by molar-refractivity contribution is 7.91. The molecule has 1 aliphatic heterocycles. The number of nitrogens with one attached hydrogen (secondary N) is 1. The summed E-state index contributed by atoms with van der Waals surface area (Å²) in [5.74, 6) is 0.193. The third kappa shape index (κ3) is 4.43. The highest BCUT2D eigenvalue weighted by atomic mass is 32.2. The molecule has 110 valence electrons. The van der Waals surface area contributed by atoms with E-state index in [1.165, 1.54) is 0 Å². The Balaban J connectivity index is 1.70. The van der Waals surface area contributed by atoms with Crippen molar-refractivity contribution in [2.24, 2.45) is 5.73 Å². The fraction of sp³-hybridized carbons (Fsp3) is 0.917. The minimum absolute atomic E-state index is 0.00442. The van der Waals surface area contributed by atoms with Gasteiger partial charge in [0.25, 0.3) is 0 Å². The lowest BCUT2D eigenvalue weighted by Gasteiger charge is -2.30. The monoisotopic (exact) mass is 289 g/mol. The molecule has 1 saturated carbocycles. The summed E-state index contributed by atoms with van der Waals surface area (Å²) in [5.41, 5.74) is 5.84. The Bertz CT molecular complexity index is 402. The maximum atomic E-state index is 12.0. The number of sulfone groups is 1. The van der Waals surface area contributed by atoms with Gasteiger partial charge in [-0.25, -0.2) is 8.42 Å². The third-order valence-electron chi connectivity index (χ3n) is 4.01. The number of hydrogen-bond acceptors (Lipinski definition) is 5. The number of amides is 1. The Hall–Kier alpha value is -0.660. The zero-order valence-electron chi connectivity index (χ0n) is 11.2. The highest BCUT2D eigenvalue weighted by Gasteiger charge is 2.25. The molecule has 1 amide bonds. The van der Waals surface area contributed by atoms with E-state index in [1.807, 2.05) is 0 Å². The summed E-state index contributed by atoms with van der Waals surface area (Å²) in [6.07, 6.45) is 4.05. The molecule has 2 fully saturated rings. The van der Waals surface area contributed by atoms with Gasteiger partial charge in [0.2, 0.25) is 5.91 Å². The van der Waals surface area contributed by atoms with E-state index in [9.17, 15) is 13.2 Å². The van der Waals surface area contributed by atoms with Gasteiger partial charge in [-0.2, -0.15) is 0 Å². The normalized spacial score (nSPS) is 31.1. The Morgan fingerprint density at radius 2 is 1.74 bits per heavy atom. The fourth-order valence-corrected chi connectivity index (χ4v) is 3.83. The molecule has 1 saturated heterocycles. The van der Waals surface area contributed by atoms with E-state index in [-0.39, 0.29) is 17.4 Å². The van der Waals surface area contributed by atoms with Crippen LogP contribution in [0.15, 0.2) is 0 Å². The van der Waals surface area contributed by atoms with Gasteiger partial charge in [-0.3, -0.25) is 4.79 Å². The summed E-state index contributed by atoms with van der Waals surface area (Å²) >= 11 is 0. The molecule has 0 atom stereocenters. The lowest BCUT2D eigenvalue weighted by Crippen LogP contribution is -2.48. The van der Waals surface area contributed by atoms with E-state index in [2.05, 4.69) is 5.32 Å². The summed E-state index contributed by atoms with van der Waals surface area (Å²) in [5, 5.41) is 3.26. The van der Waals surface area contributed by atoms with Crippen LogP contribution in [0.2, 0.25) is 0 Å². The molecule has 1 aliphatic carbocycles. The minimum Gasteiger partial charge on any atom is -0.340 e. The molecule has 0 aromatic heterocycles. The molecule has 0 spiro atoms. The Morgan fingerprint density at radius 3 is 2.32 bits per heavy atom. The van der Waals surface area contributed by atoms with Gasteiger partial charge >= 0.3 is 0 Å². The van der Waals surface area contributed by atoms with Gasteiger partial charge in [-0.1, -0.05) is 0 Å². The summed E-state index contributed by atoms with van der Waals surface area (Å²) in [4.78, 5) is 13.6. The van der Waals surface area contributed by atoms with Crippen LogP contribution >= 0.6 is 0 Å². The third-order valence-corrected chi connectivity index (χ3v) is 5.62. The van der Waals surface area contributed by atoms with Crippen LogP contribution in [0.3, 0.4) is 0 Å². The van der Waals surface area contributed by atoms with Crippen LogP contribution in [-0.2, 0) is 14.6 Å². The number of nitrogens with zero attached hydrogens (tertiary/aromatic N) is 1. The molecule has 2 aliphatic rings. The van der Waals surface area contributed by atoms with Gasteiger partial charge in [-0.05, 0) is 25.7 Å². The molecular weight excluding hydrogens is 266 g/mol. The van der Waals surface area contributed by atoms with Crippen molar-refractivity contribution in [2.75, 3.05) is 31.1 Å². The van der Waals surface area contributed by atoms with E-state index in [4.69, 9.17) is 5.73 Å². The molecule has 19 heavy (non-hydrogen) atoms. The first kappa shape index (κ1) is 14.7.